The maximum atomic E-state index is 12.1. The van der Waals surface area contributed by atoms with Crippen molar-refractivity contribution >= 4 is 23.2 Å². The maximum Gasteiger partial charge on any atom is 0.279 e. The van der Waals surface area contributed by atoms with Gasteiger partial charge in [-0.1, -0.05) is 6.92 Å². The first kappa shape index (κ1) is 17.0. The molecule has 0 saturated heterocycles. The number of hydrogen-bond donors (Lipinski definition) is 2. The summed E-state index contributed by atoms with van der Waals surface area (Å²) in [6.45, 7) is 6.38. The number of thiophene rings is 1. The number of carbonyl (C=O) groups is 2. The van der Waals surface area contributed by atoms with Crippen molar-refractivity contribution in [3.63, 3.8) is 0 Å². The first-order chi connectivity index (χ1) is 11.0. The van der Waals surface area contributed by atoms with E-state index in [1.807, 2.05) is 26.8 Å². The van der Waals surface area contributed by atoms with Crippen LogP contribution in [0.5, 0.6) is 5.88 Å². The number of hydrogen-bond acceptors (Lipinski definition) is 5. The fourth-order valence-electron chi connectivity index (χ4n) is 1.98. The summed E-state index contributed by atoms with van der Waals surface area (Å²) >= 11 is 1.43. The predicted octanol–water partition coefficient (Wildman–Crippen LogP) is 2.49. The molecule has 2 aromatic rings. The topological polar surface area (TPSA) is 80.3 Å². The average molecular weight is 333 g/mol. The lowest BCUT2D eigenvalue weighted by Gasteiger charge is -2.07. The first-order valence-corrected chi connectivity index (χ1v) is 8.15. The largest absolute Gasteiger partial charge is 0.478 e. The van der Waals surface area contributed by atoms with Gasteiger partial charge in [-0.15, -0.1) is 11.3 Å². The quantitative estimate of drug-likeness (QED) is 0.824. The van der Waals surface area contributed by atoms with Crippen molar-refractivity contribution in [2.75, 3.05) is 6.61 Å². The van der Waals surface area contributed by atoms with Crippen LogP contribution in [0.3, 0.4) is 0 Å². The number of aromatic nitrogens is 1. The van der Waals surface area contributed by atoms with Crippen molar-refractivity contribution in [3.8, 4) is 5.88 Å². The third-order valence-corrected chi connectivity index (χ3v) is 4.53. The Morgan fingerprint density at radius 2 is 1.96 bits per heavy atom. The van der Waals surface area contributed by atoms with Crippen LogP contribution in [0.2, 0.25) is 0 Å². The summed E-state index contributed by atoms with van der Waals surface area (Å²) in [5.41, 5.74) is 6.22. The van der Waals surface area contributed by atoms with Crippen LogP contribution in [0.15, 0.2) is 24.4 Å². The van der Waals surface area contributed by atoms with Crippen LogP contribution >= 0.6 is 11.3 Å². The number of ether oxygens (including phenoxy) is 1. The van der Waals surface area contributed by atoms with Gasteiger partial charge in [0.1, 0.15) is 0 Å². The minimum atomic E-state index is -0.433. The molecule has 0 aliphatic heterocycles. The second-order valence-electron chi connectivity index (χ2n) is 4.80. The molecular weight excluding hydrogens is 314 g/mol. The van der Waals surface area contributed by atoms with Gasteiger partial charge in [-0.3, -0.25) is 20.4 Å². The van der Waals surface area contributed by atoms with Crippen LogP contribution in [0.1, 0.15) is 44.3 Å². The van der Waals surface area contributed by atoms with Crippen molar-refractivity contribution in [1.29, 1.82) is 0 Å². The second-order valence-corrected chi connectivity index (χ2v) is 5.93. The molecule has 2 rings (SSSR count). The van der Waals surface area contributed by atoms with Crippen LogP contribution in [0.25, 0.3) is 0 Å². The number of hydrazine groups is 1. The maximum absolute atomic E-state index is 12.1. The van der Waals surface area contributed by atoms with Crippen LogP contribution in [0.4, 0.5) is 0 Å². The first-order valence-electron chi connectivity index (χ1n) is 7.34. The fourth-order valence-corrected chi connectivity index (χ4v) is 2.99. The van der Waals surface area contributed by atoms with Gasteiger partial charge in [-0.25, -0.2) is 4.98 Å². The normalized spacial score (nSPS) is 10.2. The molecule has 0 aliphatic rings. The summed E-state index contributed by atoms with van der Waals surface area (Å²) in [5, 5.41) is 0. The third-order valence-electron chi connectivity index (χ3n) is 3.15. The monoisotopic (exact) mass is 333 g/mol. The van der Waals surface area contributed by atoms with Crippen LogP contribution in [-0.2, 0) is 6.42 Å². The molecule has 0 fully saturated rings. The Bertz CT molecular complexity index is 695. The van der Waals surface area contributed by atoms with Crippen molar-refractivity contribution in [3.05, 3.63) is 45.3 Å². The van der Waals surface area contributed by atoms with Gasteiger partial charge in [-0.2, -0.15) is 0 Å². The molecule has 7 heteroatoms. The van der Waals surface area contributed by atoms with E-state index in [1.54, 1.807) is 12.1 Å². The van der Waals surface area contributed by atoms with Crippen LogP contribution < -0.4 is 15.6 Å². The fraction of sp³-hybridized carbons (Fsp3) is 0.312. The average Bonchev–Trinajstić information content (AvgIpc) is 2.94. The standard InChI is InChI=1S/C16H19N3O3S/c1-4-12-10(3)8-13(23-12)16(21)19-18-15(20)11-6-7-14(17-9-11)22-5-2/h6-9H,4-5H2,1-3H3,(H,18,20)(H,19,21). The molecule has 122 valence electrons. The van der Waals surface area contributed by atoms with Gasteiger partial charge in [0.2, 0.25) is 5.88 Å². The molecule has 2 heterocycles. The summed E-state index contributed by atoms with van der Waals surface area (Å²) in [6.07, 6.45) is 2.28. The zero-order valence-corrected chi connectivity index (χ0v) is 14.1. The van der Waals surface area contributed by atoms with E-state index in [9.17, 15) is 9.59 Å². The number of nitrogens with zero attached hydrogens (tertiary/aromatic N) is 1. The zero-order chi connectivity index (χ0) is 16.8. The highest BCUT2D eigenvalue weighted by molar-refractivity contribution is 7.14. The third kappa shape index (κ3) is 4.29. The van der Waals surface area contributed by atoms with E-state index in [0.717, 1.165) is 16.9 Å². The Kier molecular flexibility index (Phi) is 5.70. The molecule has 2 amide bonds. The molecular formula is C16H19N3O3S. The van der Waals surface area contributed by atoms with Gasteiger partial charge >= 0.3 is 0 Å². The van der Waals surface area contributed by atoms with E-state index < -0.39 is 5.91 Å². The lowest BCUT2D eigenvalue weighted by molar-refractivity contribution is 0.0848. The minimum Gasteiger partial charge on any atom is -0.478 e. The summed E-state index contributed by atoms with van der Waals surface area (Å²) in [4.78, 5) is 29.8. The highest BCUT2D eigenvalue weighted by atomic mass is 32.1. The van der Waals surface area contributed by atoms with E-state index in [0.29, 0.717) is 22.9 Å². The second kappa shape index (κ2) is 7.73. The highest BCUT2D eigenvalue weighted by Crippen LogP contribution is 2.22. The Morgan fingerprint density at radius 1 is 1.22 bits per heavy atom. The van der Waals surface area contributed by atoms with E-state index in [4.69, 9.17) is 4.74 Å². The minimum absolute atomic E-state index is 0.329. The van der Waals surface area contributed by atoms with Crippen molar-refractivity contribution in [1.82, 2.24) is 15.8 Å². The number of amides is 2. The number of pyridine rings is 1. The Morgan fingerprint density at radius 3 is 2.52 bits per heavy atom. The molecule has 23 heavy (non-hydrogen) atoms. The molecule has 0 radical (unpaired) electrons. The Balaban J connectivity index is 1.93. The van der Waals surface area contributed by atoms with Crippen LogP contribution in [-0.4, -0.2) is 23.4 Å². The molecule has 0 aliphatic carbocycles. The number of rotatable bonds is 5. The molecule has 0 saturated carbocycles. The number of carbonyl (C=O) groups excluding carboxylic acids is 2. The highest BCUT2D eigenvalue weighted by Gasteiger charge is 2.13. The molecule has 2 N–H and O–H groups in total. The number of nitrogens with one attached hydrogen (secondary N) is 2. The Labute approximate surface area is 138 Å². The van der Waals surface area contributed by atoms with Gasteiger partial charge < -0.3 is 4.74 Å². The van der Waals surface area contributed by atoms with E-state index in [2.05, 4.69) is 15.8 Å². The molecule has 0 bridgehead atoms. The lowest BCUT2D eigenvalue weighted by atomic mass is 10.2. The van der Waals surface area contributed by atoms with Crippen molar-refractivity contribution in [2.45, 2.75) is 27.2 Å². The van der Waals surface area contributed by atoms with Gasteiger partial charge in [-0.05, 0) is 38.0 Å². The van der Waals surface area contributed by atoms with Gasteiger partial charge in [0, 0.05) is 17.1 Å². The SMILES string of the molecule is CCOc1ccc(C(=O)NNC(=O)c2cc(C)c(CC)s2)cn1. The van der Waals surface area contributed by atoms with Gasteiger partial charge in [0.15, 0.2) is 0 Å². The van der Waals surface area contributed by atoms with Crippen molar-refractivity contribution < 1.29 is 14.3 Å². The molecule has 6 nitrogen and oxygen atoms in total. The van der Waals surface area contributed by atoms with E-state index >= 15 is 0 Å². The van der Waals surface area contributed by atoms with Crippen LogP contribution in [0, 0.1) is 6.92 Å². The molecule has 0 spiro atoms. The smallest absolute Gasteiger partial charge is 0.279 e. The summed E-state index contributed by atoms with van der Waals surface area (Å²) in [5.74, 6) is -0.308. The van der Waals surface area contributed by atoms with Gasteiger partial charge in [0.25, 0.3) is 11.8 Å². The molecule has 0 atom stereocenters. The number of aryl methyl sites for hydroxylation is 2. The van der Waals surface area contributed by atoms with Crippen molar-refractivity contribution in [2.24, 2.45) is 0 Å². The predicted molar refractivity (Wildman–Crippen MR) is 88.8 cm³/mol. The zero-order valence-electron chi connectivity index (χ0n) is 13.3. The summed E-state index contributed by atoms with van der Waals surface area (Å²) < 4.78 is 5.21. The van der Waals surface area contributed by atoms with E-state index in [-0.39, 0.29) is 5.91 Å². The molecule has 2 aromatic heterocycles. The molecule has 0 aromatic carbocycles. The van der Waals surface area contributed by atoms with Gasteiger partial charge in [0.05, 0.1) is 17.0 Å². The van der Waals surface area contributed by atoms with E-state index in [1.165, 1.54) is 17.5 Å². The summed E-state index contributed by atoms with van der Waals surface area (Å²) in [7, 11) is 0. The molecule has 0 unspecified atom stereocenters. The lowest BCUT2D eigenvalue weighted by Crippen LogP contribution is -2.41. The summed E-state index contributed by atoms with van der Waals surface area (Å²) in [6, 6.07) is 5.02. The Hall–Kier alpha value is -2.41.